The molecule has 0 bridgehead atoms. The van der Waals surface area contributed by atoms with Crippen LogP contribution in [0.5, 0.6) is 0 Å². The fourth-order valence-corrected chi connectivity index (χ4v) is 3.58. The summed E-state index contributed by atoms with van der Waals surface area (Å²) in [4.78, 5) is 0. The van der Waals surface area contributed by atoms with E-state index in [1.54, 1.807) is 5.56 Å². The second-order valence-electron chi connectivity index (χ2n) is 6.42. The Bertz CT molecular complexity index is 416. The summed E-state index contributed by atoms with van der Waals surface area (Å²) in [6.07, 6.45) is 5.47. The molecule has 0 radical (unpaired) electrons. The highest BCUT2D eigenvalue weighted by molar-refractivity contribution is 5.37. The maximum absolute atomic E-state index is 3.59. The highest BCUT2D eigenvalue weighted by atomic mass is 14.9. The van der Waals surface area contributed by atoms with Gasteiger partial charge in [-0.2, -0.15) is 0 Å². The molecule has 0 atom stereocenters. The van der Waals surface area contributed by atoms with Crippen LogP contribution in [0.1, 0.15) is 56.2 Å². The summed E-state index contributed by atoms with van der Waals surface area (Å²) in [5.74, 6) is 0.949. The second kappa shape index (κ2) is 6.09. The molecule has 0 heterocycles. The van der Waals surface area contributed by atoms with Crippen molar-refractivity contribution in [3.63, 3.8) is 0 Å². The zero-order valence-electron chi connectivity index (χ0n) is 13.1. The minimum absolute atomic E-state index is 0.411. The van der Waals surface area contributed by atoms with Crippen molar-refractivity contribution in [1.29, 1.82) is 0 Å². The summed E-state index contributed by atoms with van der Waals surface area (Å²) >= 11 is 0. The van der Waals surface area contributed by atoms with E-state index in [-0.39, 0.29) is 0 Å². The van der Waals surface area contributed by atoms with Crippen LogP contribution in [-0.4, -0.2) is 13.1 Å². The molecule has 0 spiro atoms. The molecule has 1 N–H and O–H groups in total. The van der Waals surface area contributed by atoms with E-state index < -0.39 is 0 Å². The van der Waals surface area contributed by atoms with Gasteiger partial charge in [-0.25, -0.2) is 0 Å². The summed E-state index contributed by atoms with van der Waals surface area (Å²) in [6, 6.07) is 7.09. The number of hydrogen-bond donors (Lipinski definition) is 1. The first kappa shape index (κ1) is 14.6. The third-order valence-corrected chi connectivity index (χ3v) is 4.89. The zero-order chi connectivity index (χ0) is 13.9. The Hall–Kier alpha value is -0.820. The largest absolute Gasteiger partial charge is 0.316 e. The third-order valence-electron chi connectivity index (χ3n) is 4.89. The van der Waals surface area contributed by atoms with Crippen LogP contribution in [0.4, 0.5) is 0 Å². The van der Waals surface area contributed by atoms with Gasteiger partial charge < -0.3 is 5.32 Å². The van der Waals surface area contributed by atoms with E-state index in [4.69, 9.17) is 0 Å². The Morgan fingerprint density at radius 1 is 1.16 bits per heavy atom. The first-order chi connectivity index (χ1) is 9.11. The van der Waals surface area contributed by atoms with Crippen molar-refractivity contribution >= 4 is 0 Å². The molecule has 106 valence electrons. The molecule has 19 heavy (non-hydrogen) atoms. The molecule has 1 aromatic carbocycles. The smallest absolute Gasteiger partial charge is 0.00831 e. The first-order valence-corrected chi connectivity index (χ1v) is 7.89. The van der Waals surface area contributed by atoms with Gasteiger partial charge in [0.15, 0.2) is 0 Å². The highest BCUT2D eigenvalue weighted by Gasteiger charge is 2.44. The lowest BCUT2D eigenvalue weighted by atomic mass is 9.57. The van der Waals surface area contributed by atoms with Crippen LogP contribution in [-0.2, 0) is 5.41 Å². The maximum atomic E-state index is 3.59. The van der Waals surface area contributed by atoms with Crippen molar-refractivity contribution in [2.75, 3.05) is 13.1 Å². The monoisotopic (exact) mass is 259 g/mol. The quantitative estimate of drug-likeness (QED) is 0.800. The van der Waals surface area contributed by atoms with Gasteiger partial charge in [-0.3, -0.25) is 0 Å². The zero-order valence-corrected chi connectivity index (χ0v) is 13.1. The topological polar surface area (TPSA) is 12.0 Å². The number of hydrogen-bond acceptors (Lipinski definition) is 1. The number of benzene rings is 1. The molecule has 1 aliphatic carbocycles. The van der Waals surface area contributed by atoms with Crippen molar-refractivity contribution in [1.82, 2.24) is 5.32 Å². The first-order valence-electron chi connectivity index (χ1n) is 7.89. The average molecular weight is 259 g/mol. The summed E-state index contributed by atoms with van der Waals surface area (Å²) in [5, 5.41) is 3.59. The van der Waals surface area contributed by atoms with Crippen LogP contribution in [0, 0.1) is 19.8 Å². The van der Waals surface area contributed by atoms with Gasteiger partial charge in [-0.05, 0) is 55.8 Å². The Morgan fingerprint density at radius 3 is 2.47 bits per heavy atom. The summed E-state index contributed by atoms with van der Waals surface area (Å²) in [6.45, 7) is 11.2. The predicted octanol–water partition coefficient (Wildman–Crippen LogP) is 4.36. The summed E-state index contributed by atoms with van der Waals surface area (Å²) in [5.41, 5.74) is 4.82. The van der Waals surface area contributed by atoms with Gasteiger partial charge >= 0.3 is 0 Å². The fraction of sp³-hybridized carbons (Fsp3) is 0.667. The van der Waals surface area contributed by atoms with Crippen molar-refractivity contribution in [2.24, 2.45) is 5.92 Å². The predicted molar refractivity (Wildman–Crippen MR) is 83.8 cm³/mol. The lowest BCUT2D eigenvalue weighted by Gasteiger charge is -2.49. The summed E-state index contributed by atoms with van der Waals surface area (Å²) in [7, 11) is 0. The van der Waals surface area contributed by atoms with Crippen LogP contribution in [0.15, 0.2) is 18.2 Å². The Morgan fingerprint density at radius 2 is 1.89 bits per heavy atom. The molecule has 0 unspecified atom stereocenters. The van der Waals surface area contributed by atoms with E-state index in [0.29, 0.717) is 5.41 Å². The maximum Gasteiger partial charge on any atom is 0.00831 e. The van der Waals surface area contributed by atoms with Gasteiger partial charge in [-0.1, -0.05) is 44.9 Å². The molecule has 1 heteroatoms. The molecule has 1 nitrogen and oxygen atoms in total. The van der Waals surface area contributed by atoms with Gasteiger partial charge in [0.2, 0.25) is 0 Å². The van der Waals surface area contributed by atoms with Crippen LogP contribution < -0.4 is 5.32 Å². The van der Waals surface area contributed by atoms with E-state index in [0.717, 1.165) is 19.0 Å². The number of aryl methyl sites for hydroxylation is 2. The van der Waals surface area contributed by atoms with Crippen molar-refractivity contribution in [3.05, 3.63) is 34.9 Å². The molecule has 2 rings (SSSR count). The molecule has 0 saturated heterocycles. The molecule has 0 aromatic heterocycles. The molecular weight excluding hydrogens is 230 g/mol. The lowest BCUT2D eigenvalue weighted by molar-refractivity contribution is 0.129. The molecule has 0 aliphatic heterocycles. The van der Waals surface area contributed by atoms with Gasteiger partial charge in [-0.15, -0.1) is 0 Å². The molecular formula is C18H29N. The number of nitrogens with one attached hydrogen (secondary N) is 1. The van der Waals surface area contributed by atoms with Crippen LogP contribution in [0.25, 0.3) is 0 Å². The van der Waals surface area contributed by atoms with E-state index >= 15 is 0 Å². The van der Waals surface area contributed by atoms with Crippen LogP contribution in [0.3, 0.4) is 0 Å². The van der Waals surface area contributed by atoms with Gasteiger partial charge in [0.1, 0.15) is 0 Å². The van der Waals surface area contributed by atoms with Crippen molar-refractivity contribution in [2.45, 2.75) is 58.8 Å². The normalized spacial score (nSPS) is 26.2. The molecule has 0 amide bonds. The van der Waals surface area contributed by atoms with E-state index in [1.807, 2.05) is 0 Å². The highest BCUT2D eigenvalue weighted by Crippen LogP contribution is 2.49. The molecule has 1 aromatic rings. The minimum Gasteiger partial charge on any atom is -0.316 e. The minimum atomic E-state index is 0.411. The lowest BCUT2D eigenvalue weighted by Crippen LogP contribution is -2.48. The Labute approximate surface area is 118 Å². The van der Waals surface area contributed by atoms with Crippen molar-refractivity contribution in [3.8, 4) is 0 Å². The van der Waals surface area contributed by atoms with Crippen LogP contribution in [0.2, 0.25) is 0 Å². The third kappa shape index (κ3) is 3.02. The van der Waals surface area contributed by atoms with E-state index in [1.165, 1.54) is 36.8 Å². The Kier molecular flexibility index (Phi) is 4.67. The van der Waals surface area contributed by atoms with Crippen molar-refractivity contribution < 1.29 is 0 Å². The second-order valence-corrected chi connectivity index (χ2v) is 6.42. The Balaban J connectivity index is 2.16. The fourth-order valence-electron chi connectivity index (χ4n) is 3.58. The van der Waals surface area contributed by atoms with E-state index in [2.05, 4.69) is 51.2 Å². The van der Waals surface area contributed by atoms with E-state index in [9.17, 15) is 0 Å². The molecule has 1 fully saturated rings. The number of likely N-dealkylation sites (N-methyl/N-ethyl adjacent to an activating group) is 1. The number of rotatable bonds is 6. The summed E-state index contributed by atoms with van der Waals surface area (Å²) < 4.78 is 0. The molecule has 1 saturated carbocycles. The SMILES string of the molecule is CCCC1CC(CNCC)(c2ccc(C)c(C)c2)C1. The molecule has 1 aliphatic rings. The van der Waals surface area contributed by atoms with Gasteiger partial charge in [0.05, 0.1) is 0 Å². The van der Waals surface area contributed by atoms with Crippen LogP contribution >= 0.6 is 0 Å². The van der Waals surface area contributed by atoms with Gasteiger partial charge in [0, 0.05) is 12.0 Å². The standard InChI is InChI=1S/C18H29N/c1-5-7-16-11-18(12-16,13-19-6-2)17-9-8-14(3)15(4)10-17/h8-10,16,19H,5-7,11-13H2,1-4H3. The van der Waals surface area contributed by atoms with Gasteiger partial charge in [0.25, 0.3) is 0 Å². The average Bonchev–Trinajstić information content (AvgIpc) is 2.35.